The van der Waals surface area contributed by atoms with E-state index in [2.05, 4.69) is 90.5 Å². The second kappa shape index (κ2) is 21.4. The molecule has 0 heterocycles. The van der Waals surface area contributed by atoms with Gasteiger partial charge in [-0.2, -0.15) is 0 Å². The molecule has 0 rings (SSSR count). The van der Waals surface area contributed by atoms with Crippen LogP contribution in [0, 0.1) is 0 Å². The van der Waals surface area contributed by atoms with E-state index in [0.717, 1.165) is 0 Å². The van der Waals surface area contributed by atoms with Crippen molar-refractivity contribution in [2.45, 2.75) is 0 Å². The standard InChI is InChI=1S/3C2H5NS2.Sb/c3*1-3-2(4)5;/h3*1H3,(H2,3,4,5);/q;;;+3/p-3. The topological polar surface area (TPSA) is 36.1 Å². The van der Waals surface area contributed by atoms with E-state index in [-0.39, 0.29) is 24.4 Å². The summed E-state index contributed by atoms with van der Waals surface area (Å²) in [5.41, 5.74) is 0. The molecule has 0 bridgehead atoms. The van der Waals surface area contributed by atoms with Crippen LogP contribution in [0.4, 0.5) is 0 Å². The van der Waals surface area contributed by atoms with Gasteiger partial charge in [0.05, 0.1) is 0 Å². The molecule has 0 aliphatic rings. The van der Waals surface area contributed by atoms with E-state index < -0.39 is 0 Å². The van der Waals surface area contributed by atoms with Crippen molar-refractivity contribution in [3.63, 3.8) is 0 Å². The first kappa shape index (κ1) is 25.9. The maximum absolute atomic E-state index is 4.40. The average Bonchev–Trinajstić information content (AvgIpc) is 2.19. The van der Waals surface area contributed by atoms with Crippen LogP contribution in [0.25, 0.3) is 0 Å². The predicted octanol–water partition coefficient (Wildman–Crippen LogP) is -0.268. The molecular formula is C6H12N3S6Sb. The van der Waals surface area contributed by atoms with E-state index in [0.29, 0.717) is 13.0 Å². The van der Waals surface area contributed by atoms with Crippen molar-refractivity contribution in [1.82, 2.24) is 16.0 Å². The monoisotopic (exact) mass is 439 g/mol. The van der Waals surface area contributed by atoms with Crippen LogP contribution in [0.2, 0.25) is 0 Å². The zero-order valence-corrected chi connectivity index (χ0v) is 16.3. The van der Waals surface area contributed by atoms with Crippen molar-refractivity contribution in [2.75, 3.05) is 21.1 Å². The Kier molecular flexibility index (Phi) is 34.7. The van der Waals surface area contributed by atoms with E-state index in [9.17, 15) is 0 Å². The molecular weight excluding hydrogens is 428 g/mol. The van der Waals surface area contributed by atoms with Crippen molar-refractivity contribution in [1.29, 1.82) is 0 Å². The summed E-state index contributed by atoms with van der Waals surface area (Å²) in [5.74, 6) is 0. The summed E-state index contributed by atoms with van der Waals surface area (Å²) < 4.78 is 1.26. The quantitative estimate of drug-likeness (QED) is 0.268. The Balaban J connectivity index is -0.0000000655. The van der Waals surface area contributed by atoms with E-state index in [4.69, 9.17) is 0 Å². The van der Waals surface area contributed by atoms with Crippen LogP contribution in [0.5, 0.6) is 0 Å². The Labute approximate surface area is 147 Å². The van der Waals surface area contributed by atoms with Crippen LogP contribution < -0.4 is 16.0 Å². The second-order valence-corrected chi connectivity index (χ2v) is 4.84. The molecule has 0 aliphatic carbocycles. The minimum absolute atomic E-state index is 0. The van der Waals surface area contributed by atoms with Crippen LogP contribution in [0.1, 0.15) is 0 Å². The molecule has 0 aromatic rings. The van der Waals surface area contributed by atoms with E-state index in [1.165, 1.54) is 0 Å². The summed E-state index contributed by atoms with van der Waals surface area (Å²) >= 11 is 26.4. The van der Waals surface area contributed by atoms with Gasteiger partial charge in [-0.3, -0.25) is 0 Å². The first-order valence-corrected chi connectivity index (χ1v) is 5.92. The van der Waals surface area contributed by atoms with Crippen molar-refractivity contribution >= 4 is 112 Å². The van der Waals surface area contributed by atoms with E-state index in [1.807, 2.05) is 0 Å². The average molecular weight is 440 g/mol. The van der Waals surface area contributed by atoms with Crippen LogP contribution in [-0.2, 0) is 37.9 Å². The molecule has 0 saturated heterocycles. The zero-order valence-electron chi connectivity index (χ0n) is 8.90. The largest absolute Gasteiger partial charge is 3.00 e. The molecule has 0 aromatic carbocycles. The molecule has 0 spiro atoms. The van der Waals surface area contributed by atoms with Crippen molar-refractivity contribution in [3.05, 3.63) is 0 Å². The van der Waals surface area contributed by atoms with Crippen molar-refractivity contribution in [3.8, 4) is 0 Å². The Morgan fingerprint density at radius 3 is 0.750 bits per heavy atom. The van der Waals surface area contributed by atoms with Gasteiger partial charge in [-0.25, -0.2) is 0 Å². The SMILES string of the molecule is CNC(=S)[S-].CNC(=S)[S-].CNC(=S)[S-].[Sb+3]. The number of hydrogen-bond acceptors (Lipinski definition) is 6. The van der Waals surface area contributed by atoms with Crippen LogP contribution in [0.15, 0.2) is 0 Å². The van der Waals surface area contributed by atoms with E-state index >= 15 is 0 Å². The third-order valence-electron chi connectivity index (χ3n) is 0.612. The minimum Gasteiger partial charge on any atom is -0.412 e. The van der Waals surface area contributed by atoms with Gasteiger partial charge < -0.3 is 90.5 Å². The third-order valence-corrected chi connectivity index (χ3v) is 1.84. The second-order valence-electron chi connectivity index (χ2n) is 1.61. The first-order valence-electron chi connectivity index (χ1n) is 3.47. The Morgan fingerprint density at radius 2 is 0.750 bits per heavy atom. The molecule has 92 valence electrons. The molecule has 0 unspecified atom stereocenters. The predicted molar refractivity (Wildman–Crippen MR) is 92.8 cm³/mol. The van der Waals surface area contributed by atoms with Crippen molar-refractivity contribution < 1.29 is 0 Å². The summed E-state index contributed by atoms with van der Waals surface area (Å²) in [5, 5.41) is 7.72. The molecule has 10 heteroatoms. The number of rotatable bonds is 0. The van der Waals surface area contributed by atoms with Gasteiger partial charge in [0.15, 0.2) is 0 Å². The minimum atomic E-state index is 0. The number of hydrogen-bond donors (Lipinski definition) is 3. The van der Waals surface area contributed by atoms with Gasteiger partial charge >= 0.3 is 24.4 Å². The zero-order chi connectivity index (χ0) is 12.9. The number of nitrogens with one attached hydrogen (secondary N) is 3. The summed E-state index contributed by atoms with van der Waals surface area (Å²) in [6, 6.07) is 0. The smallest absolute Gasteiger partial charge is 0.412 e. The van der Waals surface area contributed by atoms with Crippen LogP contribution in [-0.4, -0.2) is 58.5 Å². The fraction of sp³-hybridized carbons (Fsp3) is 0.500. The van der Waals surface area contributed by atoms with Crippen molar-refractivity contribution in [2.24, 2.45) is 0 Å². The van der Waals surface area contributed by atoms with Gasteiger partial charge in [0.2, 0.25) is 0 Å². The van der Waals surface area contributed by atoms with Gasteiger partial charge in [0.25, 0.3) is 0 Å². The van der Waals surface area contributed by atoms with Gasteiger partial charge in [-0.1, -0.05) is 13.0 Å². The van der Waals surface area contributed by atoms with Crippen LogP contribution in [0.3, 0.4) is 0 Å². The maximum atomic E-state index is 4.40. The molecule has 0 atom stereocenters. The molecule has 3 N–H and O–H groups in total. The molecule has 0 fully saturated rings. The Morgan fingerprint density at radius 1 is 0.688 bits per heavy atom. The third kappa shape index (κ3) is 59.3. The summed E-state index contributed by atoms with van der Waals surface area (Å²) in [4.78, 5) is 0. The summed E-state index contributed by atoms with van der Waals surface area (Å²) in [6.07, 6.45) is 0. The molecule has 0 aromatic heterocycles. The van der Waals surface area contributed by atoms with Gasteiger partial charge in [0.1, 0.15) is 0 Å². The van der Waals surface area contributed by atoms with E-state index in [1.54, 1.807) is 21.1 Å². The fourth-order valence-electron chi connectivity index (χ4n) is 0. The fourth-order valence-corrected chi connectivity index (χ4v) is 0. The molecule has 0 aliphatic heterocycles. The molecule has 3 nitrogen and oxygen atoms in total. The summed E-state index contributed by atoms with van der Waals surface area (Å²) in [7, 11) is 5.11. The van der Waals surface area contributed by atoms with Gasteiger partial charge in [-0.15, -0.1) is 0 Å². The Hall–Kier alpha value is 1.15. The van der Waals surface area contributed by atoms with Crippen LogP contribution >= 0.6 is 36.7 Å². The normalized spacial score (nSPS) is 6.19. The first-order chi connectivity index (χ1) is 6.81. The maximum Gasteiger partial charge on any atom is 3.00 e. The molecule has 0 saturated carbocycles. The number of thiocarbonyl (C=S) groups is 3. The molecule has 16 heavy (non-hydrogen) atoms. The summed E-state index contributed by atoms with van der Waals surface area (Å²) in [6.45, 7) is 0. The van der Waals surface area contributed by atoms with Gasteiger partial charge in [0, 0.05) is 21.1 Å². The van der Waals surface area contributed by atoms with Gasteiger partial charge in [-0.05, 0) is 0 Å². The molecule has 0 amide bonds. The Bertz CT molecular complexity index is 167. The molecule has 2 radical (unpaired) electrons.